The van der Waals surface area contributed by atoms with Crippen LogP contribution in [0.4, 0.5) is 0 Å². The van der Waals surface area contributed by atoms with Crippen LogP contribution >= 0.6 is 7.82 Å². The first-order valence-corrected chi connectivity index (χ1v) is 2.19. The molecule has 0 saturated heterocycles. The minimum atomic E-state index is -5.39. The van der Waals surface area contributed by atoms with Gasteiger partial charge in [0.25, 0.3) is 0 Å². The van der Waals surface area contributed by atoms with Gasteiger partial charge >= 0.3 is 16.8 Å². The van der Waals surface area contributed by atoms with Crippen molar-refractivity contribution in [2.24, 2.45) is 0 Å². The fourth-order valence-corrected chi connectivity index (χ4v) is 0. The van der Waals surface area contributed by atoms with Crippen LogP contribution in [-0.4, -0.2) is 43.8 Å². The molecule has 0 bridgehead atoms. The fourth-order valence-electron chi connectivity index (χ4n) is 0. The summed E-state index contributed by atoms with van der Waals surface area (Å²) in [6.45, 7) is 0. The summed E-state index contributed by atoms with van der Waals surface area (Å²) < 4.78 is 8.55. The van der Waals surface area contributed by atoms with E-state index >= 15 is 0 Å². The van der Waals surface area contributed by atoms with Gasteiger partial charge in [-0.25, -0.2) is 0 Å². The van der Waals surface area contributed by atoms with Crippen molar-refractivity contribution >= 4 is 7.82 Å². The molecular formula is H16CoO12P-. The zero-order valence-electron chi connectivity index (χ0n) is 6.41. The van der Waals surface area contributed by atoms with Crippen LogP contribution in [-0.2, 0) is 21.3 Å². The molecule has 14 heteroatoms. The molecule has 0 rings (SSSR count). The van der Waals surface area contributed by atoms with Gasteiger partial charge in [-0.1, -0.05) is 0 Å². The molecule has 0 aromatic rings. The first-order valence-electron chi connectivity index (χ1n) is 0.730. The number of hydrogen-bond donors (Lipinski definition) is 0. The molecule has 0 amide bonds. The fraction of sp³-hybridized carbons (Fsp3) is 0. The number of hydrogen-bond acceptors (Lipinski definition) is 4. The van der Waals surface area contributed by atoms with E-state index < -0.39 is 7.82 Å². The van der Waals surface area contributed by atoms with E-state index in [1.807, 2.05) is 0 Å². The molecule has 0 fully saturated rings. The summed E-state index contributed by atoms with van der Waals surface area (Å²) in [7, 11) is -5.39. The zero-order valence-corrected chi connectivity index (χ0v) is 8.35. The topological polar surface area (TPSA) is 338 Å². The minimum Gasteiger partial charge on any atom is -0.822 e. The molecule has 0 aliphatic heterocycles. The largest absolute Gasteiger partial charge is 2.00 e. The van der Waals surface area contributed by atoms with E-state index in [0.717, 1.165) is 0 Å². The number of rotatable bonds is 0. The second kappa shape index (κ2) is 50.7. The Bertz CT molecular complexity index is 56.5. The predicted molar refractivity (Wildman–Crippen MR) is 36.5 cm³/mol. The average molecular weight is 298 g/mol. The Hall–Kier alpha value is 0.296. The normalized spacial score (nSPS) is 4.21. The monoisotopic (exact) mass is 298 g/mol. The van der Waals surface area contributed by atoms with Crippen molar-refractivity contribution in [1.29, 1.82) is 0 Å². The first kappa shape index (κ1) is 137. The van der Waals surface area contributed by atoms with Crippen LogP contribution in [0.5, 0.6) is 0 Å². The van der Waals surface area contributed by atoms with Crippen molar-refractivity contribution in [2.75, 3.05) is 0 Å². The minimum absolute atomic E-state index is 0. The van der Waals surface area contributed by atoms with Gasteiger partial charge in [0.1, 0.15) is 0 Å². The Morgan fingerprint density at radius 2 is 0.571 bits per heavy atom. The van der Waals surface area contributed by atoms with Gasteiger partial charge in [0, 0.05) is 0 Å². The van der Waals surface area contributed by atoms with Gasteiger partial charge in [0.15, 0.2) is 0 Å². The summed E-state index contributed by atoms with van der Waals surface area (Å²) in [5.41, 5.74) is 0. The molecule has 12 nitrogen and oxygen atoms in total. The van der Waals surface area contributed by atoms with Crippen molar-refractivity contribution < 1.29 is 79.8 Å². The van der Waals surface area contributed by atoms with Crippen molar-refractivity contribution in [3.05, 3.63) is 0 Å². The van der Waals surface area contributed by atoms with E-state index in [2.05, 4.69) is 0 Å². The van der Waals surface area contributed by atoms with E-state index in [4.69, 9.17) is 19.2 Å². The summed E-state index contributed by atoms with van der Waals surface area (Å²) in [6.07, 6.45) is 0. The summed E-state index contributed by atoms with van der Waals surface area (Å²) in [4.78, 5) is 25.6. The average Bonchev–Trinajstić information content (AvgIpc) is 0.722. The van der Waals surface area contributed by atoms with Gasteiger partial charge in [0.2, 0.25) is 0 Å². The van der Waals surface area contributed by atoms with Crippen LogP contribution in [0.2, 0.25) is 0 Å². The molecule has 0 heterocycles. The Morgan fingerprint density at radius 3 is 0.571 bits per heavy atom. The molecule has 1 radical (unpaired) electrons. The molecule has 0 aliphatic rings. The van der Waals surface area contributed by atoms with Crippen molar-refractivity contribution in [1.82, 2.24) is 0 Å². The molecule has 0 atom stereocenters. The molecule has 16 N–H and O–H groups in total. The Balaban J connectivity index is -0.00000000222. The predicted octanol–water partition coefficient (Wildman–Crippen LogP) is -9.42. The van der Waals surface area contributed by atoms with Gasteiger partial charge in [-0.3, -0.25) is 0 Å². The molecular weight excluding hydrogens is 282 g/mol. The van der Waals surface area contributed by atoms with Gasteiger partial charge < -0.3 is 63.1 Å². The molecule has 0 unspecified atom stereocenters. The Labute approximate surface area is 88.5 Å². The van der Waals surface area contributed by atoms with Gasteiger partial charge in [0.05, 0.1) is 0 Å². The quantitative estimate of drug-likeness (QED) is 0.392. The maximum atomic E-state index is 8.55. The third-order valence-corrected chi connectivity index (χ3v) is 0. The van der Waals surface area contributed by atoms with E-state index in [1.165, 1.54) is 0 Å². The standard InChI is InChI=1S/Co.H3O4P.8H2O/c;1-5(2,3)4;;;;;;;;/h;(H3,1,2,3,4);8*1H2/q+2;;;;;;;;;/p-3. The summed E-state index contributed by atoms with van der Waals surface area (Å²) >= 11 is 0. The molecule has 0 saturated carbocycles. The third-order valence-electron chi connectivity index (χ3n) is 0. The Morgan fingerprint density at radius 1 is 0.571 bits per heavy atom. The second-order valence-electron chi connectivity index (χ2n) is 0.447. The van der Waals surface area contributed by atoms with E-state index in [1.54, 1.807) is 0 Å². The number of phosphoric acid groups is 1. The Kier molecular flexibility index (Phi) is 496. The maximum Gasteiger partial charge on any atom is 2.00 e. The van der Waals surface area contributed by atoms with Gasteiger partial charge in [-0.15, -0.1) is 0 Å². The van der Waals surface area contributed by atoms with E-state index in [-0.39, 0.29) is 60.6 Å². The van der Waals surface area contributed by atoms with Crippen molar-refractivity contribution in [3.63, 3.8) is 0 Å². The van der Waals surface area contributed by atoms with Crippen LogP contribution in [0.3, 0.4) is 0 Å². The zero-order chi connectivity index (χ0) is 4.50. The van der Waals surface area contributed by atoms with Crippen LogP contribution in [0.25, 0.3) is 0 Å². The smallest absolute Gasteiger partial charge is 0.822 e. The molecule has 0 aliphatic carbocycles. The van der Waals surface area contributed by atoms with E-state index in [9.17, 15) is 0 Å². The first-order chi connectivity index (χ1) is 2.00. The van der Waals surface area contributed by atoms with Crippen LogP contribution in [0.1, 0.15) is 0 Å². The molecule has 0 aromatic heterocycles. The molecule has 0 aromatic carbocycles. The van der Waals surface area contributed by atoms with Gasteiger partial charge in [-0.05, 0) is 0 Å². The summed E-state index contributed by atoms with van der Waals surface area (Å²) in [5.74, 6) is 0. The second-order valence-corrected chi connectivity index (χ2v) is 1.34. The SMILES string of the molecule is O.O.O.O.O.O.O.O.O=P([O-])([O-])[O-].[Co+2]. The van der Waals surface area contributed by atoms with Crippen molar-refractivity contribution in [2.45, 2.75) is 0 Å². The molecule has 103 valence electrons. The van der Waals surface area contributed by atoms with Gasteiger partial charge in [-0.2, -0.15) is 7.82 Å². The van der Waals surface area contributed by atoms with Crippen LogP contribution in [0, 0.1) is 0 Å². The molecule has 0 spiro atoms. The third kappa shape index (κ3) is 17900. The van der Waals surface area contributed by atoms with Crippen LogP contribution in [0.15, 0.2) is 0 Å². The summed E-state index contributed by atoms with van der Waals surface area (Å²) in [5, 5.41) is 0. The summed E-state index contributed by atoms with van der Waals surface area (Å²) in [6, 6.07) is 0. The maximum absolute atomic E-state index is 8.55. The van der Waals surface area contributed by atoms with Crippen molar-refractivity contribution in [3.8, 4) is 0 Å². The van der Waals surface area contributed by atoms with Crippen LogP contribution < -0.4 is 14.7 Å². The molecule has 14 heavy (non-hydrogen) atoms. The van der Waals surface area contributed by atoms with E-state index in [0.29, 0.717) is 0 Å².